The van der Waals surface area contributed by atoms with Crippen LogP contribution in [-0.2, 0) is 6.18 Å². The number of amides is 1. The molecule has 27 heavy (non-hydrogen) atoms. The highest BCUT2D eigenvalue weighted by Crippen LogP contribution is 2.29. The molecule has 3 aromatic rings. The second-order valence-electron chi connectivity index (χ2n) is 5.51. The van der Waals surface area contributed by atoms with Gasteiger partial charge in [-0.1, -0.05) is 36.1 Å². The lowest BCUT2D eigenvalue weighted by molar-refractivity contribution is -0.137. The number of rotatable bonds is 2. The first kappa shape index (κ1) is 18.2. The monoisotopic (exact) mass is 371 g/mol. The van der Waals surface area contributed by atoms with E-state index >= 15 is 0 Å². The zero-order valence-electron chi connectivity index (χ0n) is 13.7. The third-order valence-electron chi connectivity index (χ3n) is 3.67. The predicted molar refractivity (Wildman–Crippen MR) is 93.0 cm³/mol. The molecule has 1 aromatic heterocycles. The number of carbonyl (C=O) groups is 1. The molecule has 5 nitrogen and oxygen atoms in total. The Morgan fingerprint density at radius 2 is 1.85 bits per heavy atom. The maximum Gasteiger partial charge on any atom is 0.416 e. The van der Waals surface area contributed by atoms with Crippen molar-refractivity contribution in [3.63, 3.8) is 0 Å². The van der Waals surface area contributed by atoms with Gasteiger partial charge in [-0.05, 0) is 24.3 Å². The van der Waals surface area contributed by atoms with Crippen molar-refractivity contribution < 1.29 is 18.0 Å². The average Bonchev–Trinajstić information content (AvgIpc) is 2.65. The van der Waals surface area contributed by atoms with E-state index in [2.05, 4.69) is 27.4 Å². The fourth-order valence-corrected chi connectivity index (χ4v) is 2.42. The van der Waals surface area contributed by atoms with Gasteiger partial charge in [0.1, 0.15) is 0 Å². The molecule has 2 aromatic carbocycles. The number of nitrogens with one attached hydrogen (secondary N) is 2. The molecule has 0 saturated carbocycles. The van der Waals surface area contributed by atoms with E-state index < -0.39 is 23.2 Å². The van der Waals surface area contributed by atoms with Gasteiger partial charge in [0.25, 0.3) is 11.5 Å². The predicted octanol–water partition coefficient (Wildman–Crippen LogP) is 2.72. The van der Waals surface area contributed by atoms with Crippen LogP contribution in [0.4, 0.5) is 13.2 Å². The van der Waals surface area contributed by atoms with Gasteiger partial charge in [0.15, 0.2) is 5.69 Å². The second-order valence-corrected chi connectivity index (χ2v) is 5.51. The third kappa shape index (κ3) is 4.15. The smallest absolute Gasteiger partial charge is 0.340 e. The normalized spacial score (nSPS) is 10.9. The molecule has 0 aliphatic rings. The van der Waals surface area contributed by atoms with Crippen LogP contribution in [0, 0.1) is 11.8 Å². The average molecular weight is 371 g/mol. The van der Waals surface area contributed by atoms with Crippen molar-refractivity contribution in [1.82, 2.24) is 15.5 Å². The molecule has 2 N–H and O–H groups in total. The SMILES string of the molecule is O=C(NCC#Cc1cccc(C(F)(F)F)c1)c1n[nH]c(=O)c2ccccc12. The maximum absolute atomic E-state index is 12.7. The van der Waals surface area contributed by atoms with Crippen molar-refractivity contribution in [2.45, 2.75) is 6.18 Å². The zero-order chi connectivity index (χ0) is 19.4. The standard InChI is InChI=1S/C19H12F3N3O2/c20-19(21,22)13-7-3-5-12(11-13)6-4-10-23-18(27)16-14-8-1-2-9-15(14)17(26)25-24-16/h1-3,5,7-9,11H,10H2,(H,23,27)(H,25,26). The first-order chi connectivity index (χ1) is 12.9. The minimum atomic E-state index is -4.44. The van der Waals surface area contributed by atoms with E-state index in [0.717, 1.165) is 12.1 Å². The van der Waals surface area contributed by atoms with Gasteiger partial charge in [-0.15, -0.1) is 0 Å². The molecule has 0 atom stereocenters. The molecule has 1 heterocycles. The number of hydrogen-bond donors (Lipinski definition) is 2. The van der Waals surface area contributed by atoms with Crippen molar-refractivity contribution in [2.75, 3.05) is 6.54 Å². The Kier molecular flexibility index (Phi) is 4.94. The van der Waals surface area contributed by atoms with Crippen LogP contribution >= 0.6 is 0 Å². The molecule has 3 rings (SSSR count). The van der Waals surface area contributed by atoms with Crippen LogP contribution in [0.25, 0.3) is 10.8 Å². The van der Waals surface area contributed by atoms with E-state index in [4.69, 9.17) is 0 Å². The van der Waals surface area contributed by atoms with Gasteiger partial charge in [-0.2, -0.15) is 18.3 Å². The topological polar surface area (TPSA) is 74.8 Å². The van der Waals surface area contributed by atoms with E-state index in [1.54, 1.807) is 24.3 Å². The summed E-state index contributed by atoms with van der Waals surface area (Å²) in [5.41, 5.74) is -0.980. The Morgan fingerprint density at radius 1 is 1.11 bits per heavy atom. The highest BCUT2D eigenvalue weighted by atomic mass is 19.4. The summed E-state index contributed by atoms with van der Waals surface area (Å²) < 4.78 is 38.0. The van der Waals surface area contributed by atoms with Crippen LogP contribution in [0.5, 0.6) is 0 Å². The number of hydrogen-bond acceptors (Lipinski definition) is 3. The highest BCUT2D eigenvalue weighted by molar-refractivity contribution is 6.04. The summed E-state index contributed by atoms with van der Waals surface area (Å²) in [4.78, 5) is 24.0. The van der Waals surface area contributed by atoms with E-state index in [0.29, 0.717) is 10.8 Å². The fourth-order valence-electron chi connectivity index (χ4n) is 2.42. The summed E-state index contributed by atoms with van der Waals surface area (Å²) in [5.74, 6) is 4.60. The summed E-state index contributed by atoms with van der Waals surface area (Å²) in [6.07, 6.45) is -4.44. The van der Waals surface area contributed by atoms with E-state index in [1.165, 1.54) is 12.1 Å². The fraction of sp³-hybridized carbons (Fsp3) is 0.105. The number of H-pyrrole nitrogens is 1. The van der Waals surface area contributed by atoms with Crippen molar-refractivity contribution >= 4 is 16.7 Å². The minimum absolute atomic E-state index is 0.0334. The van der Waals surface area contributed by atoms with Crippen LogP contribution in [0.15, 0.2) is 53.3 Å². The van der Waals surface area contributed by atoms with E-state index in [9.17, 15) is 22.8 Å². The summed E-state index contributed by atoms with van der Waals surface area (Å²) in [5, 5.41) is 9.24. The molecular formula is C19H12F3N3O2. The van der Waals surface area contributed by atoms with Crippen LogP contribution in [0.1, 0.15) is 21.6 Å². The van der Waals surface area contributed by atoms with Gasteiger partial charge in [0.2, 0.25) is 0 Å². The van der Waals surface area contributed by atoms with Crippen LogP contribution < -0.4 is 10.9 Å². The van der Waals surface area contributed by atoms with Gasteiger partial charge in [-0.25, -0.2) is 5.10 Å². The Bertz CT molecular complexity index is 1120. The number of benzene rings is 2. The van der Waals surface area contributed by atoms with Gasteiger partial charge in [0, 0.05) is 10.9 Å². The molecule has 0 spiro atoms. The van der Waals surface area contributed by atoms with Crippen molar-refractivity contribution in [2.24, 2.45) is 0 Å². The minimum Gasteiger partial charge on any atom is -0.340 e. The van der Waals surface area contributed by atoms with Gasteiger partial charge in [-0.3, -0.25) is 9.59 Å². The van der Waals surface area contributed by atoms with Crippen LogP contribution in [-0.4, -0.2) is 22.6 Å². The summed E-state index contributed by atoms with van der Waals surface area (Å²) in [6.45, 7) is -0.0930. The summed E-state index contributed by atoms with van der Waals surface area (Å²) >= 11 is 0. The Balaban J connectivity index is 1.73. The molecule has 0 bridgehead atoms. The van der Waals surface area contributed by atoms with Gasteiger partial charge in [0.05, 0.1) is 17.5 Å². The lowest BCUT2D eigenvalue weighted by Crippen LogP contribution is -2.26. The molecule has 0 aliphatic heterocycles. The van der Waals surface area contributed by atoms with E-state index in [-0.39, 0.29) is 17.8 Å². The Hall–Kier alpha value is -3.60. The lowest BCUT2D eigenvalue weighted by Gasteiger charge is -2.06. The number of alkyl halides is 3. The van der Waals surface area contributed by atoms with Crippen LogP contribution in [0.2, 0.25) is 0 Å². The number of aromatic nitrogens is 2. The third-order valence-corrected chi connectivity index (χ3v) is 3.67. The first-order valence-electron chi connectivity index (χ1n) is 7.78. The zero-order valence-corrected chi connectivity index (χ0v) is 13.7. The number of aromatic amines is 1. The molecule has 0 fully saturated rings. The van der Waals surface area contributed by atoms with Crippen molar-refractivity contribution in [3.05, 3.63) is 75.7 Å². The maximum atomic E-state index is 12.7. The number of carbonyl (C=O) groups excluding carboxylic acids is 1. The highest BCUT2D eigenvalue weighted by Gasteiger charge is 2.30. The van der Waals surface area contributed by atoms with E-state index in [1.807, 2.05) is 0 Å². The molecule has 1 amide bonds. The molecule has 8 heteroatoms. The molecular weight excluding hydrogens is 359 g/mol. The molecule has 136 valence electrons. The van der Waals surface area contributed by atoms with Crippen LogP contribution in [0.3, 0.4) is 0 Å². The quantitative estimate of drug-likeness (QED) is 0.681. The lowest BCUT2D eigenvalue weighted by atomic mass is 10.1. The number of fused-ring (bicyclic) bond motifs is 1. The van der Waals surface area contributed by atoms with Crippen molar-refractivity contribution in [3.8, 4) is 11.8 Å². The molecule has 0 unspecified atom stereocenters. The Morgan fingerprint density at radius 3 is 2.59 bits per heavy atom. The van der Waals surface area contributed by atoms with Gasteiger partial charge < -0.3 is 5.32 Å². The largest absolute Gasteiger partial charge is 0.416 e. The number of halogens is 3. The molecule has 0 aliphatic carbocycles. The van der Waals surface area contributed by atoms with Gasteiger partial charge >= 0.3 is 6.18 Å². The summed E-state index contributed by atoms with van der Waals surface area (Å²) in [6, 6.07) is 11.1. The number of nitrogens with zero attached hydrogens (tertiary/aromatic N) is 1. The summed E-state index contributed by atoms with van der Waals surface area (Å²) in [7, 11) is 0. The Labute approximate surface area is 151 Å². The molecule has 0 saturated heterocycles. The van der Waals surface area contributed by atoms with Crippen molar-refractivity contribution in [1.29, 1.82) is 0 Å². The second kappa shape index (κ2) is 7.33. The first-order valence-corrected chi connectivity index (χ1v) is 7.78. The molecule has 0 radical (unpaired) electrons.